The summed E-state index contributed by atoms with van der Waals surface area (Å²) >= 11 is 1.53. The smallest absolute Gasteiger partial charge is 0.330 e. The molecule has 2 heterocycles. The van der Waals surface area contributed by atoms with Crippen LogP contribution >= 0.6 is 11.8 Å². The number of amides is 1. The summed E-state index contributed by atoms with van der Waals surface area (Å²) < 4.78 is 10.4. The van der Waals surface area contributed by atoms with Crippen molar-refractivity contribution in [3.63, 3.8) is 0 Å². The third-order valence-corrected chi connectivity index (χ3v) is 4.09. The summed E-state index contributed by atoms with van der Waals surface area (Å²) in [6.45, 7) is 1.03. The van der Waals surface area contributed by atoms with Gasteiger partial charge in [-0.1, -0.05) is 0 Å². The van der Waals surface area contributed by atoms with Gasteiger partial charge in [-0.2, -0.15) is 11.8 Å². The monoisotopic (exact) mass is 261 g/mol. The van der Waals surface area contributed by atoms with Crippen LogP contribution in [-0.4, -0.2) is 60.0 Å². The van der Waals surface area contributed by atoms with Crippen LogP contribution in [0.4, 0.5) is 0 Å². The predicted octanol–water partition coefficient (Wildman–Crippen LogP) is -0.522. The normalized spacial score (nSPS) is 33.3. The fourth-order valence-electron chi connectivity index (χ4n) is 1.84. The Morgan fingerprint density at radius 2 is 2.24 bits per heavy atom. The molecule has 2 rings (SSSR count). The second kappa shape index (κ2) is 5.24. The Kier molecular flexibility index (Phi) is 3.90. The molecule has 0 aromatic rings. The Balaban J connectivity index is 1.98. The minimum Gasteiger partial charge on any atom is -0.479 e. The van der Waals surface area contributed by atoms with Crippen molar-refractivity contribution in [1.82, 2.24) is 5.32 Å². The zero-order valence-corrected chi connectivity index (χ0v) is 10.1. The summed E-state index contributed by atoms with van der Waals surface area (Å²) in [5.41, 5.74) is -1.14. The van der Waals surface area contributed by atoms with Gasteiger partial charge in [0.05, 0.1) is 19.8 Å². The number of carboxylic acid groups (broad SMARTS) is 1. The molecule has 0 aliphatic carbocycles. The van der Waals surface area contributed by atoms with Crippen LogP contribution in [0, 0.1) is 0 Å². The topological polar surface area (TPSA) is 84.9 Å². The molecule has 6 nitrogen and oxygen atoms in total. The lowest BCUT2D eigenvalue weighted by atomic mass is 9.99. The van der Waals surface area contributed by atoms with Gasteiger partial charge in [0.1, 0.15) is 5.54 Å². The van der Waals surface area contributed by atoms with Gasteiger partial charge >= 0.3 is 5.97 Å². The SMILES string of the molecule is O=C(N[C@@]1(C(=O)O)CCSC1)[C@@H]1COCCO1. The van der Waals surface area contributed by atoms with E-state index >= 15 is 0 Å². The molecule has 0 spiro atoms. The average molecular weight is 261 g/mol. The molecule has 96 valence electrons. The molecule has 0 radical (unpaired) electrons. The van der Waals surface area contributed by atoms with E-state index in [0.717, 1.165) is 5.75 Å². The Morgan fingerprint density at radius 1 is 1.41 bits per heavy atom. The van der Waals surface area contributed by atoms with E-state index in [1.165, 1.54) is 11.8 Å². The standard InChI is InChI=1S/C10H15NO5S/c12-8(7-5-15-2-3-16-7)11-10(9(13)14)1-4-17-6-10/h7H,1-6H2,(H,11,12)(H,13,14)/t7-,10-/m0/s1. The van der Waals surface area contributed by atoms with Gasteiger partial charge in [0.2, 0.25) is 0 Å². The number of thioether (sulfide) groups is 1. The van der Waals surface area contributed by atoms with E-state index in [0.29, 0.717) is 25.4 Å². The molecule has 0 aromatic carbocycles. The van der Waals surface area contributed by atoms with Crippen LogP contribution in [0.1, 0.15) is 6.42 Å². The second-order valence-electron chi connectivity index (χ2n) is 4.11. The van der Waals surface area contributed by atoms with E-state index < -0.39 is 23.5 Å². The maximum Gasteiger partial charge on any atom is 0.330 e. The van der Waals surface area contributed by atoms with Gasteiger partial charge in [-0.25, -0.2) is 4.79 Å². The lowest BCUT2D eigenvalue weighted by Gasteiger charge is -2.28. The number of carboxylic acids is 1. The molecule has 17 heavy (non-hydrogen) atoms. The first kappa shape index (κ1) is 12.7. The Hall–Kier alpha value is -0.790. The lowest BCUT2D eigenvalue weighted by molar-refractivity contribution is -0.155. The molecule has 0 bridgehead atoms. The highest BCUT2D eigenvalue weighted by atomic mass is 32.2. The third kappa shape index (κ3) is 2.72. The number of hydrogen-bond donors (Lipinski definition) is 2. The van der Waals surface area contributed by atoms with Crippen molar-refractivity contribution in [1.29, 1.82) is 0 Å². The molecule has 2 atom stereocenters. The first-order valence-corrected chi connectivity index (χ1v) is 6.62. The van der Waals surface area contributed by atoms with Crippen molar-refractivity contribution in [2.75, 3.05) is 31.3 Å². The molecule has 0 unspecified atom stereocenters. The van der Waals surface area contributed by atoms with E-state index in [-0.39, 0.29) is 6.61 Å². The van der Waals surface area contributed by atoms with Crippen LogP contribution in [-0.2, 0) is 19.1 Å². The molecule has 2 fully saturated rings. The molecule has 2 aliphatic rings. The number of carbonyl (C=O) groups is 2. The molecule has 2 aliphatic heterocycles. The molecule has 1 amide bonds. The Morgan fingerprint density at radius 3 is 2.76 bits per heavy atom. The van der Waals surface area contributed by atoms with Gasteiger partial charge in [0.25, 0.3) is 5.91 Å². The highest BCUT2D eigenvalue weighted by molar-refractivity contribution is 7.99. The quantitative estimate of drug-likeness (QED) is 0.711. The molecular formula is C10H15NO5S. The van der Waals surface area contributed by atoms with Crippen LogP contribution in [0.25, 0.3) is 0 Å². The fraction of sp³-hybridized carbons (Fsp3) is 0.800. The average Bonchev–Trinajstić information content (AvgIpc) is 2.80. The van der Waals surface area contributed by atoms with Crippen molar-refractivity contribution >= 4 is 23.6 Å². The first-order chi connectivity index (χ1) is 8.14. The van der Waals surface area contributed by atoms with Crippen molar-refractivity contribution in [3.05, 3.63) is 0 Å². The first-order valence-electron chi connectivity index (χ1n) is 5.46. The van der Waals surface area contributed by atoms with Crippen LogP contribution in [0.2, 0.25) is 0 Å². The summed E-state index contributed by atoms with van der Waals surface area (Å²) in [6, 6.07) is 0. The summed E-state index contributed by atoms with van der Waals surface area (Å²) in [7, 11) is 0. The van der Waals surface area contributed by atoms with Gasteiger partial charge in [-0.05, 0) is 12.2 Å². The zero-order valence-electron chi connectivity index (χ0n) is 9.31. The van der Waals surface area contributed by atoms with E-state index in [1.54, 1.807) is 0 Å². The molecule has 7 heteroatoms. The van der Waals surface area contributed by atoms with Crippen LogP contribution in [0.5, 0.6) is 0 Å². The zero-order chi connectivity index (χ0) is 12.3. The second-order valence-corrected chi connectivity index (χ2v) is 5.22. The molecule has 0 saturated carbocycles. The van der Waals surface area contributed by atoms with Crippen LogP contribution in [0.15, 0.2) is 0 Å². The Bertz CT molecular complexity index is 310. The Labute approximate surface area is 103 Å². The van der Waals surface area contributed by atoms with Gasteiger partial charge < -0.3 is 19.9 Å². The number of nitrogens with one attached hydrogen (secondary N) is 1. The third-order valence-electron chi connectivity index (χ3n) is 2.90. The molecule has 2 N–H and O–H groups in total. The fourth-order valence-corrected chi connectivity index (χ4v) is 3.17. The van der Waals surface area contributed by atoms with Crippen LogP contribution < -0.4 is 5.32 Å². The van der Waals surface area contributed by atoms with Crippen molar-refractivity contribution in [2.45, 2.75) is 18.1 Å². The van der Waals surface area contributed by atoms with Crippen molar-refractivity contribution < 1.29 is 24.2 Å². The maximum absolute atomic E-state index is 11.9. The van der Waals surface area contributed by atoms with Crippen molar-refractivity contribution in [2.24, 2.45) is 0 Å². The minimum atomic E-state index is -1.14. The highest BCUT2D eigenvalue weighted by Gasteiger charge is 2.44. The van der Waals surface area contributed by atoms with E-state index in [4.69, 9.17) is 9.47 Å². The molecular weight excluding hydrogens is 246 g/mol. The largest absolute Gasteiger partial charge is 0.479 e. The van der Waals surface area contributed by atoms with E-state index in [2.05, 4.69) is 5.32 Å². The summed E-state index contributed by atoms with van der Waals surface area (Å²) in [6.07, 6.45) is -0.239. The molecule has 0 aromatic heterocycles. The van der Waals surface area contributed by atoms with Gasteiger partial charge in [-0.15, -0.1) is 0 Å². The van der Waals surface area contributed by atoms with E-state index in [1.807, 2.05) is 0 Å². The van der Waals surface area contributed by atoms with Gasteiger partial charge in [0.15, 0.2) is 6.10 Å². The minimum absolute atomic E-state index is 0.189. The number of carbonyl (C=O) groups excluding carboxylic acids is 1. The van der Waals surface area contributed by atoms with Gasteiger partial charge in [0, 0.05) is 5.75 Å². The number of ether oxygens (including phenoxy) is 2. The highest BCUT2D eigenvalue weighted by Crippen LogP contribution is 2.28. The summed E-state index contributed by atoms with van der Waals surface area (Å²) in [4.78, 5) is 23.1. The number of rotatable bonds is 3. The van der Waals surface area contributed by atoms with Gasteiger partial charge in [-0.3, -0.25) is 4.79 Å². The van der Waals surface area contributed by atoms with Crippen molar-refractivity contribution in [3.8, 4) is 0 Å². The summed E-state index contributed by atoms with van der Waals surface area (Å²) in [5.74, 6) is -0.224. The number of aliphatic carboxylic acids is 1. The molecule has 2 saturated heterocycles. The van der Waals surface area contributed by atoms with Crippen LogP contribution in [0.3, 0.4) is 0 Å². The van der Waals surface area contributed by atoms with E-state index in [9.17, 15) is 14.7 Å². The number of hydrogen-bond acceptors (Lipinski definition) is 5. The maximum atomic E-state index is 11.9. The summed E-state index contributed by atoms with van der Waals surface area (Å²) in [5, 5.41) is 11.8. The lowest BCUT2D eigenvalue weighted by Crippen LogP contribution is -2.58. The predicted molar refractivity (Wildman–Crippen MR) is 61.0 cm³/mol.